The Morgan fingerprint density at radius 1 is 1.70 bits per heavy atom. The van der Waals surface area contributed by atoms with Crippen molar-refractivity contribution in [1.82, 2.24) is 4.98 Å². The highest BCUT2D eigenvalue weighted by molar-refractivity contribution is 5.24. The predicted octanol–water partition coefficient (Wildman–Crippen LogP) is 1.04. The molecule has 1 rings (SSSR count). The van der Waals surface area contributed by atoms with Crippen molar-refractivity contribution >= 4 is 0 Å². The minimum Gasteiger partial charge on any atom is -0.495 e. The lowest BCUT2D eigenvalue weighted by molar-refractivity contribution is 0.415. The highest BCUT2D eigenvalue weighted by Crippen LogP contribution is 2.15. The van der Waals surface area contributed by atoms with Crippen LogP contribution in [-0.4, -0.2) is 12.1 Å². The van der Waals surface area contributed by atoms with Crippen LogP contribution in [0.3, 0.4) is 0 Å². The summed E-state index contributed by atoms with van der Waals surface area (Å²) in [7, 11) is 1.63. The Morgan fingerprint density at radius 2 is 2.40 bits per heavy atom. The standard InChI is InChI=1S/C7H12N2O/c1-5(8)7-3-6(10-2)4-9-7/h3-5,9H,8H2,1-2H3. The number of aromatic nitrogens is 1. The second-order valence-electron chi connectivity index (χ2n) is 2.28. The van der Waals surface area contributed by atoms with Crippen molar-refractivity contribution in [1.29, 1.82) is 0 Å². The van der Waals surface area contributed by atoms with Crippen LogP contribution in [0.15, 0.2) is 12.3 Å². The van der Waals surface area contributed by atoms with E-state index in [0.717, 1.165) is 11.4 Å². The quantitative estimate of drug-likeness (QED) is 0.645. The first kappa shape index (κ1) is 7.15. The summed E-state index contributed by atoms with van der Waals surface area (Å²) in [5, 5.41) is 0. The van der Waals surface area contributed by atoms with Gasteiger partial charge in [0.05, 0.1) is 7.11 Å². The largest absolute Gasteiger partial charge is 0.495 e. The zero-order valence-corrected chi connectivity index (χ0v) is 6.22. The molecule has 0 radical (unpaired) electrons. The van der Waals surface area contributed by atoms with Crippen LogP contribution >= 0.6 is 0 Å². The van der Waals surface area contributed by atoms with Crippen LogP contribution in [0.5, 0.6) is 5.75 Å². The zero-order valence-electron chi connectivity index (χ0n) is 6.22. The fourth-order valence-corrected chi connectivity index (χ4v) is 0.772. The molecule has 1 heterocycles. The molecule has 0 aromatic carbocycles. The Labute approximate surface area is 60.2 Å². The number of methoxy groups -OCH3 is 1. The predicted molar refractivity (Wildman–Crippen MR) is 39.9 cm³/mol. The average Bonchev–Trinajstić information content (AvgIpc) is 2.34. The molecular formula is C7H12N2O. The minimum atomic E-state index is 0.0453. The first-order valence-electron chi connectivity index (χ1n) is 3.22. The van der Waals surface area contributed by atoms with Crippen LogP contribution in [0.4, 0.5) is 0 Å². The molecule has 0 aliphatic rings. The molecule has 0 spiro atoms. The maximum Gasteiger partial charge on any atom is 0.136 e. The van der Waals surface area contributed by atoms with Gasteiger partial charge in [-0.1, -0.05) is 0 Å². The number of hydrogen-bond acceptors (Lipinski definition) is 2. The smallest absolute Gasteiger partial charge is 0.136 e. The number of nitrogens with two attached hydrogens (primary N) is 1. The van der Waals surface area contributed by atoms with Crippen molar-refractivity contribution in [3.63, 3.8) is 0 Å². The van der Waals surface area contributed by atoms with E-state index >= 15 is 0 Å². The molecule has 1 aromatic heterocycles. The number of ether oxygens (including phenoxy) is 1. The topological polar surface area (TPSA) is 51.0 Å². The van der Waals surface area contributed by atoms with E-state index in [-0.39, 0.29) is 6.04 Å². The summed E-state index contributed by atoms with van der Waals surface area (Å²) in [6.45, 7) is 1.92. The molecule has 0 aliphatic carbocycles. The lowest BCUT2D eigenvalue weighted by Gasteiger charge is -1.98. The third-order valence-corrected chi connectivity index (χ3v) is 1.41. The van der Waals surface area contributed by atoms with Crippen LogP contribution in [0.1, 0.15) is 18.7 Å². The molecule has 0 bridgehead atoms. The normalized spacial score (nSPS) is 13.1. The molecule has 3 heteroatoms. The van der Waals surface area contributed by atoms with Gasteiger partial charge in [0.25, 0.3) is 0 Å². The van der Waals surface area contributed by atoms with Crippen molar-refractivity contribution in [3.05, 3.63) is 18.0 Å². The lowest BCUT2D eigenvalue weighted by Crippen LogP contribution is -2.04. The number of nitrogens with one attached hydrogen (secondary N) is 1. The summed E-state index contributed by atoms with van der Waals surface area (Å²) in [5.74, 6) is 0.826. The van der Waals surface area contributed by atoms with Crippen molar-refractivity contribution in [2.75, 3.05) is 7.11 Å². The Hall–Kier alpha value is -0.960. The highest BCUT2D eigenvalue weighted by atomic mass is 16.5. The van der Waals surface area contributed by atoms with Crippen molar-refractivity contribution in [2.24, 2.45) is 5.73 Å². The molecule has 1 atom stereocenters. The SMILES string of the molecule is COc1c[nH]c(C(C)N)c1. The molecule has 0 saturated carbocycles. The van der Waals surface area contributed by atoms with Crippen LogP contribution in [0, 0.1) is 0 Å². The van der Waals surface area contributed by atoms with Crippen molar-refractivity contribution in [3.8, 4) is 5.75 Å². The van der Waals surface area contributed by atoms with Gasteiger partial charge in [0.15, 0.2) is 0 Å². The molecule has 1 aromatic rings. The van der Waals surface area contributed by atoms with E-state index in [1.165, 1.54) is 0 Å². The number of aromatic amines is 1. The second-order valence-corrected chi connectivity index (χ2v) is 2.28. The van der Waals surface area contributed by atoms with Crippen LogP contribution in [-0.2, 0) is 0 Å². The molecule has 0 saturated heterocycles. The van der Waals surface area contributed by atoms with Crippen molar-refractivity contribution in [2.45, 2.75) is 13.0 Å². The fraction of sp³-hybridized carbons (Fsp3) is 0.429. The van der Waals surface area contributed by atoms with Gasteiger partial charge in [-0.25, -0.2) is 0 Å². The van der Waals surface area contributed by atoms with E-state index in [2.05, 4.69) is 4.98 Å². The Balaban J connectivity index is 2.78. The molecule has 56 valence electrons. The van der Waals surface area contributed by atoms with E-state index in [0.29, 0.717) is 0 Å². The molecule has 0 fully saturated rings. The number of H-pyrrole nitrogens is 1. The summed E-state index contributed by atoms with van der Waals surface area (Å²) < 4.78 is 4.96. The van der Waals surface area contributed by atoms with Crippen molar-refractivity contribution < 1.29 is 4.74 Å². The van der Waals surface area contributed by atoms with Gasteiger partial charge in [0.1, 0.15) is 5.75 Å². The molecule has 3 nitrogen and oxygen atoms in total. The van der Waals surface area contributed by atoms with Crippen LogP contribution < -0.4 is 10.5 Å². The van der Waals surface area contributed by atoms with Gasteiger partial charge >= 0.3 is 0 Å². The molecule has 0 aliphatic heterocycles. The molecule has 0 amide bonds. The van der Waals surface area contributed by atoms with Gasteiger partial charge in [-0.15, -0.1) is 0 Å². The van der Waals surface area contributed by atoms with E-state index < -0.39 is 0 Å². The first-order valence-corrected chi connectivity index (χ1v) is 3.22. The van der Waals surface area contributed by atoms with Gasteiger partial charge < -0.3 is 15.5 Å². The summed E-state index contributed by atoms with van der Waals surface area (Å²) in [6.07, 6.45) is 1.79. The van der Waals surface area contributed by atoms with Crippen LogP contribution in [0.2, 0.25) is 0 Å². The Bertz CT molecular complexity index is 205. The lowest BCUT2D eigenvalue weighted by atomic mass is 10.3. The average molecular weight is 140 g/mol. The molecular weight excluding hydrogens is 128 g/mol. The van der Waals surface area contributed by atoms with Crippen LogP contribution in [0.25, 0.3) is 0 Å². The number of rotatable bonds is 2. The minimum absolute atomic E-state index is 0.0453. The van der Waals surface area contributed by atoms with Gasteiger partial charge in [0, 0.05) is 24.0 Å². The summed E-state index contributed by atoms with van der Waals surface area (Å²) in [4.78, 5) is 3.01. The van der Waals surface area contributed by atoms with E-state index in [4.69, 9.17) is 10.5 Å². The van der Waals surface area contributed by atoms with E-state index in [9.17, 15) is 0 Å². The zero-order chi connectivity index (χ0) is 7.56. The summed E-state index contributed by atoms with van der Waals surface area (Å²) >= 11 is 0. The highest BCUT2D eigenvalue weighted by Gasteiger charge is 2.01. The third-order valence-electron chi connectivity index (χ3n) is 1.41. The number of hydrogen-bond donors (Lipinski definition) is 2. The van der Waals surface area contributed by atoms with Gasteiger partial charge in [0.2, 0.25) is 0 Å². The van der Waals surface area contributed by atoms with E-state index in [1.807, 2.05) is 13.0 Å². The maximum atomic E-state index is 5.59. The third kappa shape index (κ3) is 1.30. The summed E-state index contributed by atoms with van der Waals surface area (Å²) in [5.41, 5.74) is 6.59. The first-order chi connectivity index (χ1) is 4.74. The Kier molecular flexibility index (Phi) is 1.97. The summed E-state index contributed by atoms with van der Waals surface area (Å²) in [6, 6.07) is 1.94. The molecule has 10 heavy (non-hydrogen) atoms. The monoisotopic (exact) mass is 140 g/mol. The fourth-order valence-electron chi connectivity index (χ4n) is 0.772. The van der Waals surface area contributed by atoms with Gasteiger partial charge in [-0.05, 0) is 6.92 Å². The van der Waals surface area contributed by atoms with Gasteiger partial charge in [-0.3, -0.25) is 0 Å². The van der Waals surface area contributed by atoms with E-state index in [1.54, 1.807) is 13.3 Å². The van der Waals surface area contributed by atoms with Gasteiger partial charge in [-0.2, -0.15) is 0 Å². The Morgan fingerprint density at radius 3 is 2.70 bits per heavy atom. The maximum absolute atomic E-state index is 5.59. The second kappa shape index (κ2) is 2.75. The molecule has 3 N–H and O–H groups in total. The molecule has 1 unspecified atom stereocenters.